The number of halogens is 2. The van der Waals surface area contributed by atoms with Gasteiger partial charge in [0.05, 0.1) is 0 Å². The largest absolute Gasteiger partial charge is 0.329 e. The van der Waals surface area contributed by atoms with Gasteiger partial charge in [-0.1, -0.05) is 23.2 Å². The Bertz CT molecular complexity index is 532. The number of likely N-dealkylation sites (tertiary alicyclic amines) is 1. The van der Waals surface area contributed by atoms with Crippen molar-refractivity contribution >= 4 is 40.7 Å². The summed E-state index contributed by atoms with van der Waals surface area (Å²) < 4.78 is 0. The Morgan fingerprint density at radius 1 is 1.10 bits per heavy atom. The van der Waals surface area contributed by atoms with Crippen LogP contribution < -0.4 is 5.32 Å². The van der Waals surface area contributed by atoms with Gasteiger partial charge in [0, 0.05) is 27.8 Å². The maximum atomic E-state index is 12.3. The van der Waals surface area contributed by atoms with E-state index in [2.05, 4.69) is 5.32 Å². The van der Waals surface area contributed by atoms with Crippen molar-refractivity contribution in [2.75, 3.05) is 5.32 Å². The van der Waals surface area contributed by atoms with Gasteiger partial charge in [-0.3, -0.25) is 9.59 Å². The second-order valence-electron chi connectivity index (χ2n) is 5.45. The lowest BCUT2D eigenvalue weighted by Gasteiger charge is -2.38. The van der Waals surface area contributed by atoms with Gasteiger partial charge >= 0.3 is 11.8 Å². The molecule has 1 aromatic carbocycles. The smallest absolute Gasteiger partial charge is 0.313 e. The molecule has 2 unspecified atom stereocenters. The van der Waals surface area contributed by atoms with Crippen LogP contribution in [0, 0.1) is 0 Å². The van der Waals surface area contributed by atoms with Crippen molar-refractivity contribution in [3.8, 4) is 0 Å². The molecule has 21 heavy (non-hydrogen) atoms. The molecule has 4 nitrogen and oxygen atoms in total. The number of benzene rings is 1. The average molecular weight is 329 g/mol. The second kappa shape index (κ2) is 6.67. The topological polar surface area (TPSA) is 49.4 Å². The summed E-state index contributed by atoms with van der Waals surface area (Å²) in [5.74, 6) is -1.17. The number of piperidine rings is 1. The summed E-state index contributed by atoms with van der Waals surface area (Å²) in [5, 5.41) is 3.38. The highest BCUT2D eigenvalue weighted by molar-refractivity contribution is 6.40. The highest BCUT2D eigenvalue weighted by Gasteiger charge is 2.32. The van der Waals surface area contributed by atoms with Crippen molar-refractivity contribution in [1.29, 1.82) is 0 Å². The molecule has 6 heteroatoms. The molecule has 0 spiro atoms. The zero-order valence-corrected chi connectivity index (χ0v) is 13.5. The van der Waals surface area contributed by atoms with E-state index in [-0.39, 0.29) is 12.1 Å². The molecule has 0 radical (unpaired) electrons. The van der Waals surface area contributed by atoms with Gasteiger partial charge in [-0.15, -0.1) is 0 Å². The lowest BCUT2D eigenvalue weighted by atomic mass is 9.97. The zero-order valence-electron chi connectivity index (χ0n) is 12.0. The first-order valence-electron chi connectivity index (χ1n) is 6.98. The molecule has 1 aromatic rings. The standard InChI is InChI=1S/C15H18Cl2N2O2/c1-9-4-3-5-10(2)19(9)15(21)14(20)18-13-7-11(16)6-12(17)8-13/h6-10H,3-5H2,1-2H3,(H,18,20). The van der Waals surface area contributed by atoms with E-state index in [9.17, 15) is 9.59 Å². The fraction of sp³-hybridized carbons (Fsp3) is 0.467. The van der Waals surface area contributed by atoms with Gasteiger partial charge in [-0.25, -0.2) is 0 Å². The van der Waals surface area contributed by atoms with E-state index >= 15 is 0 Å². The van der Waals surface area contributed by atoms with Crippen molar-refractivity contribution in [3.05, 3.63) is 28.2 Å². The van der Waals surface area contributed by atoms with Crippen LogP contribution in [0.2, 0.25) is 10.0 Å². The number of nitrogens with one attached hydrogen (secondary N) is 1. The van der Waals surface area contributed by atoms with E-state index in [0.717, 1.165) is 19.3 Å². The second-order valence-corrected chi connectivity index (χ2v) is 6.33. The van der Waals surface area contributed by atoms with Crippen LogP contribution in [-0.4, -0.2) is 28.8 Å². The molecule has 1 saturated heterocycles. The summed E-state index contributed by atoms with van der Waals surface area (Å²) in [6.07, 6.45) is 2.93. The Hall–Kier alpha value is -1.26. The van der Waals surface area contributed by atoms with E-state index < -0.39 is 11.8 Å². The van der Waals surface area contributed by atoms with Crippen LogP contribution >= 0.6 is 23.2 Å². The lowest BCUT2D eigenvalue weighted by Crippen LogP contribution is -2.51. The van der Waals surface area contributed by atoms with Gasteiger partial charge in [0.15, 0.2) is 0 Å². The Labute approximate surface area is 134 Å². The third-order valence-corrected chi connectivity index (χ3v) is 4.18. The first-order chi connectivity index (χ1) is 9.88. The van der Waals surface area contributed by atoms with E-state index in [1.54, 1.807) is 23.1 Å². The quantitative estimate of drug-likeness (QED) is 0.798. The van der Waals surface area contributed by atoms with Gasteiger partial charge in [0.1, 0.15) is 0 Å². The molecular formula is C15H18Cl2N2O2. The monoisotopic (exact) mass is 328 g/mol. The number of nitrogens with zero attached hydrogens (tertiary/aromatic N) is 1. The van der Waals surface area contributed by atoms with E-state index in [4.69, 9.17) is 23.2 Å². The molecule has 0 saturated carbocycles. The number of carbonyl (C=O) groups is 2. The van der Waals surface area contributed by atoms with Crippen molar-refractivity contribution < 1.29 is 9.59 Å². The molecule has 1 heterocycles. The third kappa shape index (κ3) is 3.89. The molecule has 0 aliphatic carbocycles. The number of amides is 2. The first kappa shape index (κ1) is 16.1. The van der Waals surface area contributed by atoms with Crippen molar-refractivity contribution in [3.63, 3.8) is 0 Å². The minimum absolute atomic E-state index is 0.0787. The minimum Gasteiger partial charge on any atom is -0.329 e. The molecule has 2 rings (SSSR count). The molecule has 2 amide bonds. The number of hydrogen-bond acceptors (Lipinski definition) is 2. The predicted molar refractivity (Wildman–Crippen MR) is 84.7 cm³/mol. The number of rotatable bonds is 1. The fourth-order valence-corrected chi connectivity index (χ4v) is 3.28. The summed E-state index contributed by atoms with van der Waals surface area (Å²) >= 11 is 11.8. The molecule has 0 aromatic heterocycles. The number of hydrogen-bond donors (Lipinski definition) is 1. The van der Waals surface area contributed by atoms with Gasteiger partial charge in [-0.05, 0) is 51.3 Å². The average Bonchev–Trinajstić information content (AvgIpc) is 2.36. The predicted octanol–water partition coefficient (Wildman–Crippen LogP) is 3.72. The molecule has 1 aliphatic rings. The number of carbonyl (C=O) groups excluding carboxylic acids is 2. The summed E-state index contributed by atoms with van der Waals surface area (Å²) in [5.41, 5.74) is 0.420. The summed E-state index contributed by atoms with van der Waals surface area (Å²) in [6, 6.07) is 4.84. The number of anilines is 1. The van der Waals surface area contributed by atoms with Crippen molar-refractivity contribution in [1.82, 2.24) is 4.90 Å². The maximum absolute atomic E-state index is 12.3. The molecule has 1 aliphatic heterocycles. The Morgan fingerprint density at radius 2 is 1.62 bits per heavy atom. The molecule has 1 fully saturated rings. The maximum Gasteiger partial charge on any atom is 0.313 e. The SMILES string of the molecule is CC1CCCC(C)N1C(=O)C(=O)Nc1cc(Cl)cc(Cl)c1. The van der Waals surface area contributed by atoms with Gasteiger partial charge < -0.3 is 10.2 Å². The Morgan fingerprint density at radius 3 is 2.14 bits per heavy atom. The van der Waals surface area contributed by atoms with E-state index in [1.807, 2.05) is 13.8 Å². The lowest BCUT2D eigenvalue weighted by molar-refractivity contribution is -0.147. The van der Waals surface area contributed by atoms with Gasteiger partial charge in [0.25, 0.3) is 0 Å². The molecule has 0 bridgehead atoms. The van der Waals surface area contributed by atoms with E-state index in [0.29, 0.717) is 15.7 Å². The van der Waals surface area contributed by atoms with Crippen LogP contribution in [0.4, 0.5) is 5.69 Å². The van der Waals surface area contributed by atoms with Crippen LogP contribution in [0.3, 0.4) is 0 Å². The molecule has 2 atom stereocenters. The third-order valence-electron chi connectivity index (χ3n) is 3.74. The highest BCUT2D eigenvalue weighted by Crippen LogP contribution is 2.24. The van der Waals surface area contributed by atoms with Crippen LogP contribution in [0.5, 0.6) is 0 Å². The van der Waals surface area contributed by atoms with Gasteiger partial charge in [0.2, 0.25) is 0 Å². The Kier molecular flexibility index (Phi) is 5.12. The van der Waals surface area contributed by atoms with Crippen LogP contribution in [0.25, 0.3) is 0 Å². The molecule has 1 N–H and O–H groups in total. The highest BCUT2D eigenvalue weighted by atomic mass is 35.5. The first-order valence-corrected chi connectivity index (χ1v) is 7.74. The van der Waals surface area contributed by atoms with Crippen LogP contribution in [0.1, 0.15) is 33.1 Å². The normalized spacial score (nSPS) is 22.0. The summed E-state index contributed by atoms with van der Waals surface area (Å²) in [4.78, 5) is 26.1. The van der Waals surface area contributed by atoms with Crippen molar-refractivity contribution in [2.24, 2.45) is 0 Å². The Balaban J connectivity index is 2.10. The summed E-state index contributed by atoms with van der Waals surface area (Å²) in [6.45, 7) is 3.94. The molecule has 114 valence electrons. The van der Waals surface area contributed by atoms with Crippen LogP contribution in [-0.2, 0) is 9.59 Å². The van der Waals surface area contributed by atoms with Gasteiger partial charge in [-0.2, -0.15) is 0 Å². The molecular weight excluding hydrogens is 311 g/mol. The minimum atomic E-state index is -0.658. The van der Waals surface area contributed by atoms with Crippen LogP contribution in [0.15, 0.2) is 18.2 Å². The van der Waals surface area contributed by atoms with Crippen molar-refractivity contribution in [2.45, 2.75) is 45.2 Å². The summed E-state index contributed by atoms with van der Waals surface area (Å²) in [7, 11) is 0. The zero-order chi connectivity index (χ0) is 15.6. The van der Waals surface area contributed by atoms with E-state index in [1.165, 1.54) is 0 Å². The fourth-order valence-electron chi connectivity index (χ4n) is 2.75.